The minimum atomic E-state index is -0.175. The monoisotopic (exact) mass is 218 g/mol. The maximum Gasteiger partial charge on any atom is 0.131 e. The summed E-state index contributed by atoms with van der Waals surface area (Å²) in [5.74, 6) is 5.83. The lowest BCUT2D eigenvalue weighted by atomic mass is 10.0. The predicted molar refractivity (Wildman–Crippen MR) is 68.8 cm³/mol. The van der Waals surface area contributed by atoms with E-state index in [4.69, 9.17) is 10.8 Å². The van der Waals surface area contributed by atoms with Crippen LogP contribution in [0.2, 0.25) is 0 Å². The van der Waals surface area contributed by atoms with Gasteiger partial charge in [-0.15, -0.1) is 0 Å². The Hall–Kier alpha value is -1.79. The standard InChI is InChI=1S/C13H18N2O/c1-5-11(8-7-9-16)12(10(3)4)13(14)15-6-2/h5-6,16H,2,9H2,1,3-4H3,(H2,14,15)/b11-5-. The van der Waals surface area contributed by atoms with Crippen LogP contribution in [0, 0.1) is 11.8 Å². The van der Waals surface area contributed by atoms with Crippen molar-refractivity contribution in [3.63, 3.8) is 0 Å². The van der Waals surface area contributed by atoms with Crippen molar-refractivity contribution >= 4 is 5.84 Å². The molecule has 0 aliphatic rings. The fourth-order valence-electron chi connectivity index (χ4n) is 1.24. The average Bonchev–Trinajstić information content (AvgIpc) is 2.23. The first-order chi connectivity index (χ1) is 7.58. The smallest absolute Gasteiger partial charge is 0.131 e. The summed E-state index contributed by atoms with van der Waals surface area (Å²) in [7, 11) is 0. The molecule has 0 saturated carbocycles. The van der Waals surface area contributed by atoms with Gasteiger partial charge in [0.1, 0.15) is 12.4 Å². The van der Waals surface area contributed by atoms with Crippen LogP contribution in [-0.2, 0) is 0 Å². The van der Waals surface area contributed by atoms with Crippen LogP contribution in [0.1, 0.15) is 20.8 Å². The van der Waals surface area contributed by atoms with Gasteiger partial charge >= 0.3 is 0 Å². The Labute approximate surface area is 97.1 Å². The summed E-state index contributed by atoms with van der Waals surface area (Å²) in [6.45, 7) is 9.07. The molecule has 86 valence electrons. The maximum atomic E-state index is 8.68. The summed E-state index contributed by atoms with van der Waals surface area (Å²) in [6.07, 6.45) is 3.24. The van der Waals surface area contributed by atoms with E-state index in [2.05, 4.69) is 23.4 Å². The zero-order valence-electron chi connectivity index (χ0n) is 10.0. The quantitative estimate of drug-likeness (QED) is 0.328. The van der Waals surface area contributed by atoms with Crippen molar-refractivity contribution in [1.82, 2.24) is 0 Å². The number of aliphatic hydroxyl groups is 1. The van der Waals surface area contributed by atoms with Crippen LogP contribution in [0.25, 0.3) is 0 Å². The molecule has 0 aromatic carbocycles. The fraction of sp³-hybridized carbons (Fsp3) is 0.308. The molecule has 0 aromatic rings. The van der Waals surface area contributed by atoms with Crippen molar-refractivity contribution in [2.75, 3.05) is 6.61 Å². The van der Waals surface area contributed by atoms with Crippen LogP contribution in [0.15, 0.2) is 40.6 Å². The highest BCUT2D eigenvalue weighted by atomic mass is 16.2. The SMILES string of the molecule is C=CN=C(N)C(=C(C)C)/C(C#CCO)=C\C. The second-order valence-electron chi connectivity index (χ2n) is 3.23. The third-order valence-electron chi connectivity index (χ3n) is 1.85. The molecule has 0 atom stereocenters. The minimum absolute atomic E-state index is 0.175. The van der Waals surface area contributed by atoms with Gasteiger partial charge in [-0.1, -0.05) is 30.1 Å². The van der Waals surface area contributed by atoms with Gasteiger partial charge in [0, 0.05) is 17.3 Å². The molecule has 0 spiro atoms. The highest BCUT2D eigenvalue weighted by molar-refractivity contribution is 6.03. The van der Waals surface area contributed by atoms with Crippen molar-refractivity contribution in [3.05, 3.63) is 35.6 Å². The van der Waals surface area contributed by atoms with E-state index in [0.717, 1.165) is 16.7 Å². The molecule has 0 bridgehead atoms. The molecule has 0 amide bonds. The van der Waals surface area contributed by atoms with Crippen LogP contribution in [0.4, 0.5) is 0 Å². The summed E-state index contributed by atoms with van der Waals surface area (Å²) >= 11 is 0. The largest absolute Gasteiger partial charge is 0.384 e. The molecule has 0 radical (unpaired) electrons. The molecule has 0 heterocycles. The number of aliphatic imine (C=N–C) groups is 1. The predicted octanol–water partition coefficient (Wildman–Crippen LogP) is 1.77. The molecule has 16 heavy (non-hydrogen) atoms. The van der Waals surface area contributed by atoms with Crippen LogP contribution in [-0.4, -0.2) is 17.5 Å². The number of amidine groups is 1. The van der Waals surface area contributed by atoms with Crippen LogP contribution in [0.3, 0.4) is 0 Å². The Bertz CT molecular complexity index is 399. The van der Waals surface area contributed by atoms with Crippen LogP contribution >= 0.6 is 0 Å². The molecular weight excluding hydrogens is 200 g/mol. The number of hydrogen-bond donors (Lipinski definition) is 2. The van der Waals surface area contributed by atoms with E-state index in [1.165, 1.54) is 6.20 Å². The lowest BCUT2D eigenvalue weighted by molar-refractivity contribution is 0.350. The number of nitrogens with zero attached hydrogens (tertiary/aromatic N) is 1. The first kappa shape index (κ1) is 14.2. The molecule has 0 aliphatic heterocycles. The number of rotatable bonds is 3. The summed E-state index contributed by atoms with van der Waals surface area (Å²) in [6, 6.07) is 0. The molecule has 3 nitrogen and oxygen atoms in total. The molecule has 0 saturated heterocycles. The third-order valence-corrected chi connectivity index (χ3v) is 1.85. The van der Waals surface area contributed by atoms with E-state index in [0.29, 0.717) is 5.84 Å². The van der Waals surface area contributed by atoms with Crippen molar-refractivity contribution in [2.45, 2.75) is 20.8 Å². The zero-order valence-corrected chi connectivity index (χ0v) is 10.0. The molecule has 0 rings (SSSR count). The normalized spacial score (nSPS) is 11.5. The molecule has 0 unspecified atom stereocenters. The topological polar surface area (TPSA) is 58.6 Å². The lowest BCUT2D eigenvalue weighted by Gasteiger charge is -2.08. The third kappa shape index (κ3) is 4.16. The van der Waals surface area contributed by atoms with E-state index in [9.17, 15) is 0 Å². The molecular formula is C13H18N2O. The molecule has 3 N–H and O–H groups in total. The summed E-state index contributed by atoms with van der Waals surface area (Å²) < 4.78 is 0. The zero-order chi connectivity index (χ0) is 12.6. The van der Waals surface area contributed by atoms with E-state index < -0.39 is 0 Å². The lowest BCUT2D eigenvalue weighted by Crippen LogP contribution is -2.17. The summed E-state index contributed by atoms with van der Waals surface area (Å²) in [4.78, 5) is 3.95. The van der Waals surface area contributed by atoms with E-state index >= 15 is 0 Å². The van der Waals surface area contributed by atoms with Crippen molar-refractivity contribution in [3.8, 4) is 11.8 Å². The number of hydrogen-bond acceptors (Lipinski definition) is 2. The van der Waals surface area contributed by atoms with Crippen molar-refractivity contribution in [1.29, 1.82) is 0 Å². The minimum Gasteiger partial charge on any atom is -0.384 e. The summed E-state index contributed by atoms with van der Waals surface area (Å²) in [5, 5.41) is 8.68. The van der Waals surface area contributed by atoms with Gasteiger partial charge in [-0.05, 0) is 20.8 Å². The van der Waals surface area contributed by atoms with Gasteiger partial charge in [-0.2, -0.15) is 0 Å². The van der Waals surface area contributed by atoms with Gasteiger partial charge in [0.15, 0.2) is 0 Å². The van der Waals surface area contributed by atoms with E-state index in [-0.39, 0.29) is 6.61 Å². The Morgan fingerprint density at radius 1 is 1.50 bits per heavy atom. The van der Waals surface area contributed by atoms with Crippen LogP contribution < -0.4 is 5.73 Å². The Morgan fingerprint density at radius 3 is 2.50 bits per heavy atom. The molecule has 0 aliphatic carbocycles. The van der Waals surface area contributed by atoms with Gasteiger partial charge in [0.05, 0.1) is 0 Å². The highest BCUT2D eigenvalue weighted by Gasteiger charge is 2.08. The highest BCUT2D eigenvalue weighted by Crippen LogP contribution is 2.14. The Kier molecular flexibility index (Phi) is 6.66. The Balaban J connectivity index is 5.48. The van der Waals surface area contributed by atoms with Gasteiger partial charge < -0.3 is 10.8 Å². The van der Waals surface area contributed by atoms with Gasteiger partial charge in [-0.3, -0.25) is 0 Å². The first-order valence-electron chi connectivity index (χ1n) is 4.96. The molecule has 3 heteroatoms. The number of nitrogens with two attached hydrogens (primary N) is 1. The number of allylic oxidation sites excluding steroid dienone is 2. The van der Waals surface area contributed by atoms with Gasteiger partial charge in [-0.25, -0.2) is 4.99 Å². The molecule has 0 fully saturated rings. The van der Waals surface area contributed by atoms with Gasteiger partial charge in [0.25, 0.3) is 0 Å². The van der Waals surface area contributed by atoms with Crippen molar-refractivity contribution < 1.29 is 5.11 Å². The van der Waals surface area contributed by atoms with Crippen molar-refractivity contribution in [2.24, 2.45) is 10.7 Å². The summed E-state index contributed by atoms with van der Waals surface area (Å²) in [5.41, 5.74) is 8.40. The molecule has 0 aromatic heterocycles. The van der Waals surface area contributed by atoms with E-state index in [1.807, 2.05) is 26.8 Å². The second kappa shape index (κ2) is 7.49. The number of aliphatic hydroxyl groups excluding tert-OH is 1. The van der Waals surface area contributed by atoms with Gasteiger partial charge in [0.2, 0.25) is 0 Å². The van der Waals surface area contributed by atoms with E-state index in [1.54, 1.807) is 0 Å². The first-order valence-corrected chi connectivity index (χ1v) is 4.96. The average molecular weight is 218 g/mol. The maximum absolute atomic E-state index is 8.68. The fourth-order valence-corrected chi connectivity index (χ4v) is 1.24. The van der Waals surface area contributed by atoms with Crippen LogP contribution in [0.5, 0.6) is 0 Å². The Morgan fingerprint density at radius 2 is 2.12 bits per heavy atom. The second-order valence-corrected chi connectivity index (χ2v) is 3.23.